The second-order valence-electron chi connectivity index (χ2n) is 5.15. The highest BCUT2D eigenvalue weighted by Crippen LogP contribution is 2.23. The van der Waals surface area contributed by atoms with E-state index in [1.165, 1.54) is 6.42 Å². The molecule has 2 rings (SSSR count). The van der Waals surface area contributed by atoms with Crippen LogP contribution in [0.1, 0.15) is 36.8 Å². The van der Waals surface area contributed by atoms with E-state index in [9.17, 15) is 5.11 Å². The average Bonchev–Trinajstić information content (AvgIpc) is 2.39. The van der Waals surface area contributed by atoms with E-state index in [1.54, 1.807) is 0 Å². The Morgan fingerprint density at radius 3 is 2.89 bits per heavy atom. The van der Waals surface area contributed by atoms with Gasteiger partial charge in [-0.15, -0.1) is 0 Å². The number of aliphatic hydroxyl groups is 1. The Balaban J connectivity index is 2.01. The molecule has 0 amide bonds. The van der Waals surface area contributed by atoms with Gasteiger partial charge < -0.3 is 5.11 Å². The van der Waals surface area contributed by atoms with Crippen LogP contribution in [0.4, 0.5) is 0 Å². The van der Waals surface area contributed by atoms with Gasteiger partial charge in [-0.25, -0.2) is 0 Å². The van der Waals surface area contributed by atoms with E-state index < -0.39 is 0 Å². The van der Waals surface area contributed by atoms with Crippen LogP contribution in [-0.2, 0) is 6.54 Å². The van der Waals surface area contributed by atoms with E-state index >= 15 is 0 Å². The summed E-state index contributed by atoms with van der Waals surface area (Å²) in [4.78, 5) is 2.21. The molecule has 1 aromatic rings. The zero-order valence-corrected chi connectivity index (χ0v) is 10.8. The Bertz CT molecular complexity index is 438. The third-order valence-electron chi connectivity index (χ3n) is 3.75. The summed E-state index contributed by atoms with van der Waals surface area (Å²) in [6.07, 6.45) is 4.10. The highest BCUT2D eigenvalue weighted by Gasteiger charge is 2.26. The summed E-state index contributed by atoms with van der Waals surface area (Å²) in [5.74, 6) is 0. The zero-order chi connectivity index (χ0) is 13.0. The molecule has 2 atom stereocenters. The maximum Gasteiger partial charge on any atom is 0.0991 e. The monoisotopic (exact) mass is 244 g/mol. The Morgan fingerprint density at radius 2 is 2.17 bits per heavy atom. The van der Waals surface area contributed by atoms with Crippen LogP contribution in [0.25, 0.3) is 0 Å². The van der Waals surface area contributed by atoms with Crippen LogP contribution < -0.4 is 0 Å². The molecule has 0 aromatic heterocycles. The molecule has 0 heterocycles. The zero-order valence-electron chi connectivity index (χ0n) is 10.8. The highest BCUT2D eigenvalue weighted by molar-refractivity contribution is 5.32. The number of hydrogen-bond acceptors (Lipinski definition) is 3. The first-order valence-electron chi connectivity index (χ1n) is 6.58. The van der Waals surface area contributed by atoms with Crippen LogP contribution >= 0.6 is 0 Å². The van der Waals surface area contributed by atoms with Gasteiger partial charge in [0, 0.05) is 12.6 Å². The molecule has 18 heavy (non-hydrogen) atoms. The van der Waals surface area contributed by atoms with Crippen LogP contribution in [0, 0.1) is 11.3 Å². The van der Waals surface area contributed by atoms with Gasteiger partial charge in [-0.05, 0) is 37.6 Å². The minimum Gasteiger partial charge on any atom is -0.391 e. The summed E-state index contributed by atoms with van der Waals surface area (Å²) in [6, 6.07) is 10.1. The summed E-state index contributed by atoms with van der Waals surface area (Å²) >= 11 is 0. The molecule has 96 valence electrons. The minimum absolute atomic E-state index is 0.206. The van der Waals surface area contributed by atoms with Gasteiger partial charge in [0.2, 0.25) is 0 Å². The Labute approximate surface area is 109 Å². The van der Waals surface area contributed by atoms with Crippen molar-refractivity contribution in [3.8, 4) is 6.07 Å². The molecule has 1 fully saturated rings. The molecule has 3 nitrogen and oxygen atoms in total. The normalized spacial score (nSPS) is 23.9. The summed E-state index contributed by atoms with van der Waals surface area (Å²) in [5.41, 5.74) is 1.83. The number of aliphatic hydroxyl groups excluding tert-OH is 1. The van der Waals surface area contributed by atoms with Crippen molar-refractivity contribution in [3.05, 3.63) is 35.4 Å². The van der Waals surface area contributed by atoms with Crippen molar-refractivity contribution < 1.29 is 5.11 Å². The van der Waals surface area contributed by atoms with Gasteiger partial charge in [0.05, 0.1) is 17.7 Å². The van der Waals surface area contributed by atoms with Crippen LogP contribution in [0.2, 0.25) is 0 Å². The van der Waals surface area contributed by atoms with Crippen LogP contribution in [-0.4, -0.2) is 29.2 Å². The maximum atomic E-state index is 10.0. The van der Waals surface area contributed by atoms with E-state index in [0.717, 1.165) is 31.4 Å². The first-order valence-corrected chi connectivity index (χ1v) is 6.58. The van der Waals surface area contributed by atoms with E-state index in [-0.39, 0.29) is 12.1 Å². The molecule has 1 aliphatic rings. The van der Waals surface area contributed by atoms with Crippen molar-refractivity contribution >= 4 is 0 Å². The largest absolute Gasteiger partial charge is 0.391 e. The number of nitriles is 1. The minimum atomic E-state index is -0.206. The second kappa shape index (κ2) is 5.99. The average molecular weight is 244 g/mol. The highest BCUT2D eigenvalue weighted by atomic mass is 16.3. The lowest BCUT2D eigenvalue weighted by Gasteiger charge is -2.35. The Morgan fingerprint density at radius 1 is 1.39 bits per heavy atom. The fourth-order valence-corrected chi connectivity index (χ4v) is 2.75. The van der Waals surface area contributed by atoms with Crippen molar-refractivity contribution in [2.45, 2.75) is 44.4 Å². The van der Waals surface area contributed by atoms with Gasteiger partial charge in [0.25, 0.3) is 0 Å². The lowest BCUT2D eigenvalue weighted by atomic mass is 9.91. The van der Waals surface area contributed by atoms with Gasteiger partial charge >= 0.3 is 0 Å². The first kappa shape index (κ1) is 13.1. The lowest BCUT2D eigenvalue weighted by molar-refractivity contribution is 0.0288. The van der Waals surface area contributed by atoms with Gasteiger partial charge in [0.1, 0.15) is 0 Å². The van der Waals surface area contributed by atoms with Crippen molar-refractivity contribution in [1.82, 2.24) is 4.90 Å². The summed E-state index contributed by atoms with van der Waals surface area (Å²) in [7, 11) is 2.05. The number of likely N-dealkylation sites (N-methyl/N-ethyl adjacent to an activating group) is 1. The summed E-state index contributed by atoms with van der Waals surface area (Å²) in [5, 5.41) is 18.9. The van der Waals surface area contributed by atoms with Crippen LogP contribution in [0.15, 0.2) is 24.3 Å². The molecule has 1 aliphatic carbocycles. The number of rotatable bonds is 3. The van der Waals surface area contributed by atoms with E-state index in [2.05, 4.69) is 18.0 Å². The second-order valence-corrected chi connectivity index (χ2v) is 5.15. The standard InChI is InChI=1S/C15H20N2O/c1-17(14-7-2-3-8-15(14)18)11-13-6-4-5-12(9-13)10-16/h4-6,9,14-15,18H,2-3,7-8,11H2,1H3. The SMILES string of the molecule is CN(Cc1cccc(C#N)c1)C1CCCCC1O. The number of nitrogens with zero attached hydrogens (tertiary/aromatic N) is 2. The van der Waals surface area contributed by atoms with Gasteiger partial charge in [-0.1, -0.05) is 25.0 Å². The van der Waals surface area contributed by atoms with Crippen molar-refractivity contribution in [3.63, 3.8) is 0 Å². The van der Waals surface area contributed by atoms with Crippen LogP contribution in [0.5, 0.6) is 0 Å². The molecular weight excluding hydrogens is 224 g/mol. The van der Waals surface area contributed by atoms with Crippen molar-refractivity contribution in [1.29, 1.82) is 5.26 Å². The van der Waals surface area contributed by atoms with Crippen molar-refractivity contribution in [2.75, 3.05) is 7.05 Å². The van der Waals surface area contributed by atoms with E-state index in [4.69, 9.17) is 5.26 Å². The topological polar surface area (TPSA) is 47.3 Å². The lowest BCUT2D eigenvalue weighted by Crippen LogP contribution is -2.42. The Hall–Kier alpha value is -1.37. The molecule has 3 heteroatoms. The van der Waals surface area contributed by atoms with Crippen molar-refractivity contribution in [2.24, 2.45) is 0 Å². The van der Waals surface area contributed by atoms with E-state index in [0.29, 0.717) is 5.56 Å². The fraction of sp³-hybridized carbons (Fsp3) is 0.533. The Kier molecular flexibility index (Phi) is 4.35. The predicted molar refractivity (Wildman–Crippen MR) is 70.9 cm³/mol. The molecule has 0 saturated heterocycles. The van der Waals surface area contributed by atoms with Gasteiger partial charge in [0.15, 0.2) is 0 Å². The van der Waals surface area contributed by atoms with E-state index in [1.807, 2.05) is 24.3 Å². The van der Waals surface area contributed by atoms with Gasteiger partial charge in [-0.2, -0.15) is 5.26 Å². The molecule has 0 spiro atoms. The van der Waals surface area contributed by atoms with Crippen LogP contribution in [0.3, 0.4) is 0 Å². The predicted octanol–water partition coefficient (Wildman–Crippen LogP) is 2.29. The molecule has 0 aliphatic heterocycles. The quantitative estimate of drug-likeness (QED) is 0.887. The molecule has 0 radical (unpaired) electrons. The molecule has 1 N–H and O–H groups in total. The smallest absolute Gasteiger partial charge is 0.0991 e. The molecular formula is C15H20N2O. The summed E-state index contributed by atoms with van der Waals surface area (Å²) in [6.45, 7) is 0.789. The molecule has 0 bridgehead atoms. The van der Waals surface area contributed by atoms with Gasteiger partial charge in [-0.3, -0.25) is 4.90 Å². The number of hydrogen-bond donors (Lipinski definition) is 1. The molecule has 1 aromatic carbocycles. The summed E-state index contributed by atoms with van der Waals surface area (Å²) < 4.78 is 0. The third-order valence-corrected chi connectivity index (χ3v) is 3.75. The fourth-order valence-electron chi connectivity index (χ4n) is 2.75. The molecule has 1 saturated carbocycles. The number of benzene rings is 1. The maximum absolute atomic E-state index is 10.0. The third kappa shape index (κ3) is 3.10. The molecule has 2 unspecified atom stereocenters. The first-order chi connectivity index (χ1) is 8.70.